The van der Waals surface area contributed by atoms with Gasteiger partial charge in [0.2, 0.25) is 0 Å². The van der Waals surface area contributed by atoms with Crippen molar-refractivity contribution >= 4 is 29.8 Å². The van der Waals surface area contributed by atoms with E-state index in [1.54, 1.807) is 27.7 Å². The molecule has 0 amide bonds. The lowest BCUT2D eigenvalue weighted by Crippen LogP contribution is -2.56. The van der Waals surface area contributed by atoms with Crippen LogP contribution in [0.5, 0.6) is 0 Å². The number of esters is 5. The number of hydrogen-bond donors (Lipinski definition) is 0. The third kappa shape index (κ3) is 13.9. The summed E-state index contributed by atoms with van der Waals surface area (Å²) in [4.78, 5) is 72.7. The molecule has 0 saturated heterocycles. The van der Waals surface area contributed by atoms with Crippen LogP contribution in [0.15, 0.2) is 60.7 Å². The zero-order chi connectivity index (χ0) is 49.0. The number of methoxy groups -OCH3 is 1. The van der Waals surface area contributed by atoms with Crippen LogP contribution in [-0.4, -0.2) is 63.4 Å². The lowest BCUT2D eigenvalue weighted by Gasteiger charge is -2.52. The third-order valence-corrected chi connectivity index (χ3v) is 12.4. The highest BCUT2D eigenvalue weighted by atomic mass is 16.5. The number of nitrogens with zero attached hydrogens (tertiary/aromatic N) is 4. The topological polar surface area (TPSA) is 227 Å². The first kappa shape index (κ1) is 54.9. The van der Waals surface area contributed by atoms with Crippen LogP contribution in [-0.2, 0) is 53.1 Å². The molecule has 0 bridgehead atoms. The Kier molecular flexibility index (Phi) is 20.9. The summed E-state index contributed by atoms with van der Waals surface area (Å²) in [5.41, 5.74) is -8.14. The van der Waals surface area contributed by atoms with Crippen molar-refractivity contribution in [3.8, 4) is 24.3 Å². The summed E-state index contributed by atoms with van der Waals surface area (Å²) < 4.78 is 28.3. The molecule has 2 rings (SSSR count). The SMILES string of the molecule is CCC(C)CC(c1ccccc1)(c1ccccc1)C(C)(CC(C)(CC(C)(CC(C)(CC(C)(C)C(=O)OC)C(=O)OCCC#N)C(=O)OCCC#N)C(=O)OCCC#N)C(=O)OCCC#N. The number of carbonyl (C=O) groups is 5. The van der Waals surface area contributed by atoms with Crippen molar-refractivity contribution in [3.63, 3.8) is 0 Å². The molecule has 0 radical (unpaired) electrons. The van der Waals surface area contributed by atoms with E-state index in [1.807, 2.05) is 91.9 Å². The number of benzene rings is 2. The maximum Gasteiger partial charge on any atom is 0.313 e. The van der Waals surface area contributed by atoms with Crippen LogP contribution < -0.4 is 0 Å². The monoisotopic (exact) mass is 894 g/mol. The number of rotatable bonds is 27. The smallest absolute Gasteiger partial charge is 0.313 e. The Hall–Kier alpha value is -6.25. The standard InChI is InChI=1S/C51H66N4O10/c1-10-38(2)33-51(39-21-13-11-14-22-39,40-23-15-12-16-24-40)50(8,45(60)65-32-20-28-55)37-49(7,44(59)64-31-19-27-54)36-48(6,43(58)63-30-18-26-53)35-47(5,42(57)62-29-17-25-52)34-46(3,4)41(56)61-9/h11-16,21-24,38H,10,17-20,29-37H2,1-9H3. The average molecular weight is 895 g/mol. The molecule has 0 saturated carbocycles. The van der Waals surface area contributed by atoms with Gasteiger partial charge in [-0.05, 0) is 90.7 Å². The Balaban J connectivity index is 3.22. The van der Waals surface area contributed by atoms with Crippen molar-refractivity contribution in [1.82, 2.24) is 0 Å². The lowest BCUT2D eigenvalue weighted by atomic mass is 9.49. The van der Waals surface area contributed by atoms with E-state index in [0.29, 0.717) is 12.8 Å². The molecule has 0 aliphatic heterocycles. The minimum Gasteiger partial charge on any atom is -0.469 e. The van der Waals surface area contributed by atoms with Crippen LogP contribution in [0.4, 0.5) is 0 Å². The highest BCUT2D eigenvalue weighted by molar-refractivity contribution is 5.86. The summed E-state index contributed by atoms with van der Waals surface area (Å²) in [5, 5.41) is 37.6. The van der Waals surface area contributed by atoms with Crippen LogP contribution in [0.25, 0.3) is 0 Å². The fraction of sp³-hybridized carbons (Fsp3) is 0.588. The van der Waals surface area contributed by atoms with E-state index >= 15 is 9.59 Å². The molecule has 0 spiro atoms. The van der Waals surface area contributed by atoms with Gasteiger partial charge in [0.1, 0.15) is 26.4 Å². The normalized spacial score (nSPS) is 15.5. The Bertz CT molecular complexity index is 2060. The summed E-state index contributed by atoms with van der Waals surface area (Å²) in [7, 11) is 1.21. The molecule has 2 aromatic carbocycles. The molecule has 0 N–H and O–H groups in total. The fourth-order valence-electron chi connectivity index (χ4n) is 9.66. The quantitative estimate of drug-likeness (QED) is 0.0463. The minimum absolute atomic E-state index is 0.0122. The number of nitriles is 4. The fourth-order valence-corrected chi connectivity index (χ4v) is 9.66. The Labute approximate surface area is 385 Å². The van der Waals surface area contributed by atoms with Crippen molar-refractivity contribution in [1.29, 1.82) is 21.0 Å². The van der Waals surface area contributed by atoms with Crippen molar-refractivity contribution in [2.75, 3.05) is 33.5 Å². The molecular formula is C51H66N4O10. The number of ether oxygens (including phenoxy) is 5. The second kappa shape index (κ2) is 24.7. The molecule has 2 aromatic rings. The number of carbonyl (C=O) groups excluding carboxylic acids is 5. The second-order valence-corrected chi connectivity index (χ2v) is 18.6. The summed E-state index contributed by atoms with van der Waals surface area (Å²) in [6.07, 6.45) is -0.858. The first-order chi connectivity index (χ1) is 30.7. The van der Waals surface area contributed by atoms with Crippen molar-refractivity contribution in [3.05, 3.63) is 71.8 Å². The van der Waals surface area contributed by atoms with Crippen LogP contribution in [0.1, 0.15) is 131 Å². The molecule has 65 heavy (non-hydrogen) atoms. The van der Waals surface area contributed by atoms with Gasteiger partial charge in [-0.15, -0.1) is 0 Å². The predicted molar refractivity (Wildman–Crippen MR) is 239 cm³/mol. The first-order valence-corrected chi connectivity index (χ1v) is 22.0. The van der Waals surface area contributed by atoms with Gasteiger partial charge in [-0.1, -0.05) is 80.9 Å². The second-order valence-electron chi connectivity index (χ2n) is 18.6. The summed E-state index contributed by atoms with van der Waals surface area (Å²) in [5.74, 6) is -3.95. The van der Waals surface area contributed by atoms with Crippen molar-refractivity contribution < 1.29 is 47.7 Å². The molecule has 0 heterocycles. The Morgan fingerprint density at radius 2 is 0.862 bits per heavy atom. The van der Waals surface area contributed by atoms with Gasteiger partial charge in [-0.3, -0.25) is 24.0 Å². The molecule has 14 heteroatoms. The van der Waals surface area contributed by atoms with Crippen LogP contribution >= 0.6 is 0 Å². The number of hydrogen-bond acceptors (Lipinski definition) is 14. The maximum atomic E-state index is 15.4. The van der Waals surface area contributed by atoms with Gasteiger partial charge in [0, 0.05) is 5.41 Å². The van der Waals surface area contributed by atoms with E-state index in [2.05, 4.69) is 6.92 Å². The average Bonchev–Trinajstić information content (AvgIpc) is 3.27. The molecule has 0 aliphatic rings. The van der Waals surface area contributed by atoms with E-state index in [9.17, 15) is 35.4 Å². The van der Waals surface area contributed by atoms with E-state index in [0.717, 1.165) is 11.1 Å². The van der Waals surface area contributed by atoms with Crippen LogP contribution in [0.2, 0.25) is 0 Å². The summed E-state index contributed by atoms with van der Waals surface area (Å²) in [6.45, 7) is 12.4. The maximum absolute atomic E-state index is 15.4. The van der Waals surface area contributed by atoms with Gasteiger partial charge in [0.25, 0.3) is 0 Å². The highest BCUT2D eigenvalue weighted by Gasteiger charge is 2.62. The minimum atomic E-state index is -1.84. The zero-order valence-corrected chi connectivity index (χ0v) is 39.6. The first-order valence-electron chi connectivity index (χ1n) is 22.0. The molecular weight excluding hydrogens is 829 g/mol. The highest BCUT2D eigenvalue weighted by Crippen LogP contribution is 2.59. The van der Waals surface area contributed by atoms with Gasteiger partial charge in [0.05, 0.1) is 84.1 Å². The van der Waals surface area contributed by atoms with E-state index in [-0.39, 0.29) is 70.9 Å². The molecule has 350 valence electrons. The zero-order valence-electron chi connectivity index (χ0n) is 39.6. The predicted octanol–water partition coefficient (Wildman–Crippen LogP) is 9.02. The van der Waals surface area contributed by atoms with E-state index < -0.39 is 75.2 Å². The van der Waals surface area contributed by atoms with Gasteiger partial charge in [0.15, 0.2) is 0 Å². The summed E-state index contributed by atoms with van der Waals surface area (Å²) >= 11 is 0. The lowest BCUT2D eigenvalue weighted by molar-refractivity contribution is -0.175. The molecule has 0 aliphatic carbocycles. The summed E-state index contributed by atoms with van der Waals surface area (Å²) in [6, 6.07) is 26.7. The Morgan fingerprint density at radius 3 is 1.20 bits per heavy atom. The largest absolute Gasteiger partial charge is 0.469 e. The molecule has 0 aromatic heterocycles. The van der Waals surface area contributed by atoms with E-state index in [4.69, 9.17) is 23.7 Å². The molecule has 5 unspecified atom stereocenters. The molecule has 0 fully saturated rings. The van der Waals surface area contributed by atoms with Gasteiger partial charge in [-0.25, -0.2) is 0 Å². The molecule has 5 atom stereocenters. The third-order valence-electron chi connectivity index (χ3n) is 12.4. The van der Waals surface area contributed by atoms with Crippen LogP contribution in [0, 0.1) is 78.3 Å². The molecule has 14 nitrogen and oxygen atoms in total. The van der Waals surface area contributed by atoms with E-state index in [1.165, 1.54) is 21.0 Å². The van der Waals surface area contributed by atoms with Crippen molar-refractivity contribution in [2.45, 2.75) is 125 Å². The van der Waals surface area contributed by atoms with Gasteiger partial charge < -0.3 is 23.7 Å². The van der Waals surface area contributed by atoms with Gasteiger partial charge in [-0.2, -0.15) is 21.0 Å². The Morgan fingerprint density at radius 1 is 0.523 bits per heavy atom. The van der Waals surface area contributed by atoms with Crippen LogP contribution in [0.3, 0.4) is 0 Å². The van der Waals surface area contributed by atoms with Gasteiger partial charge >= 0.3 is 29.8 Å². The van der Waals surface area contributed by atoms with Crippen molar-refractivity contribution in [2.24, 2.45) is 33.0 Å².